The quantitative estimate of drug-likeness (QED) is 0.268. The fourth-order valence-corrected chi connectivity index (χ4v) is 4.03. The van der Waals surface area contributed by atoms with Crippen LogP contribution in [0.5, 0.6) is 23.0 Å². The van der Waals surface area contributed by atoms with Crippen LogP contribution in [-0.2, 0) is 0 Å². The van der Waals surface area contributed by atoms with Gasteiger partial charge in [-0.2, -0.15) is 0 Å². The van der Waals surface area contributed by atoms with Gasteiger partial charge in [-0.05, 0) is 55.3 Å². The molecule has 0 spiro atoms. The molecule has 0 unspecified atom stereocenters. The number of hydrogen-bond acceptors (Lipinski definition) is 2. The molecular formula is C28H21ClO2. The molecular weight excluding hydrogens is 404 g/mol. The Bertz CT molecular complexity index is 1420. The zero-order valence-electron chi connectivity index (χ0n) is 17.4. The van der Waals surface area contributed by atoms with E-state index in [1.54, 1.807) is 0 Å². The number of hydrogen-bond donors (Lipinski definition) is 0. The molecule has 152 valence electrons. The van der Waals surface area contributed by atoms with Crippen LogP contribution in [0.3, 0.4) is 0 Å². The van der Waals surface area contributed by atoms with Gasteiger partial charge in [-0.25, -0.2) is 0 Å². The lowest BCUT2D eigenvalue weighted by Crippen LogP contribution is -1.95. The maximum absolute atomic E-state index is 6.51. The van der Waals surface area contributed by atoms with E-state index in [1.165, 1.54) is 0 Å². The first-order valence-electron chi connectivity index (χ1n) is 10.2. The molecule has 31 heavy (non-hydrogen) atoms. The Morgan fingerprint density at radius 1 is 0.516 bits per heavy atom. The standard InChI is InChI=1S/C28H21ClO2/c1-18-9-3-7-13-25(18)30-27-21-11-5-6-12-22(21)28(24-17-20(29)15-16-23(24)27)31-26-14-8-4-10-19(26)2/h3-17H,1-2H3. The first-order valence-corrected chi connectivity index (χ1v) is 10.6. The zero-order valence-corrected chi connectivity index (χ0v) is 18.1. The molecule has 2 nitrogen and oxygen atoms in total. The summed E-state index contributed by atoms with van der Waals surface area (Å²) in [6.45, 7) is 4.09. The van der Waals surface area contributed by atoms with Gasteiger partial charge >= 0.3 is 0 Å². The van der Waals surface area contributed by atoms with Crippen molar-refractivity contribution >= 4 is 33.1 Å². The van der Waals surface area contributed by atoms with Gasteiger partial charge in [-0.3, -0.25) is 0 Å². The molecule has 0 aliphatic carbocycles. The summed E-state index contributed by atoms with van der Waals surface area (Å²) in [4.78, 5) is 0. The number of benzene rings is 5. The minimum absolute atomic E-state index is 0.652. The number of rotatable bonds is 4. The minimum Gasteiger partial charge on any atom is -0.456 e. The van der Waals surface area contributed by atoms with Crippen molar-refractivity contribution in [3.63, 3.8) is 0 Å². The Morgan fingerprint density at radius 3 is 1.52 bits per heavy atom. The number of ether oxygens (including phenoxy) is 2. The summed E-state index contributed by atoms with van der Waals surface area (Å²) < 4.78 is 13.0. The third-order valence-corrected chi connectivity index (χ3v) is 5.73. The van der Waals surface area contributed by atoms with Gasteiger partial charge in [0, 0.05) is 26.6 Å². The Balaban J connectivity index is 1.81. The number of aryl methyl sites for hydroxylation is 2. The molecule has 5 aromatic rings. The van der Waals surface area contributed by atoms with Gasteiger partial charge in [0.2, 0.25) is 0 Å². The van der Waals surface area contributed by atoms with Crippen LogP contribution in [0, 0.1) is 13.8 Å². The molecule has 0 bridgehead atoms. The third-order valence-electron chi connectivity index (χ3n) is 5.50. The lowest BCUT2D eigenvalue weighted by molar-refractivity contribution is 0.482. The summed E-state index contributed by atoms with van der Waals surface area (Å²) in [5, 5.41) is 4.49. The molecule has 5 rings (SSSR count). The van der Waals surface area contributed by atoms with Gasteiger partial charge in [-0.15, -0.1) is 0 Å². The van der Waals surface area contributed by atoms with Gasteiger partial charge in [-0.1, -0.05) is 72.3 Å². The van der Waals surface area contributed by atoms with Gasteiger partial charge in [0.15, 0.2) is 0 Å². The number of fused-ring (bicyclic) bond motifs is 2. The molecule has 3 heteroatoms. The summed E-state index contributed by atoms with van der Waals surface area (Å²) in [5.41, 5.74) is 2.15. The van der Waals surface area contributed by atoms with E-state index >= 15 is 0 Å². The molecule has 0 radical (unpaired) electrons. The van der Waals surface area contributed by atoms with Gasteiger partial charge in [0.05, 0.1) is 0 Å². The second-order valence-electron chi connectivity index (χ2n) is 7.63. The third kappa shape index (κ3) is 3.60. The highest BCUT2D eigenvalue weighted by atomic mass is 35.5. The van der Waals surface area contributed by atoms with E-state index in [-0.39, 0.29) is 0 Å². The van der Waals surface area contributed by atoms with Crippen LogP contribution in [0.1, 0.15) is 11.1 Å². The first kappa shape index (κ1) is 19.5. The largest absolute Gasteiger partial charge is 0.456 e. The SMILES string of the molecule is Cc1ccccc1Oc1c2ccccc2c(Oc2ccccc2C)c2cc(Cl)ccc12. The fourth-order valence-electron chi connectivity index (χ4n) is 3.85. The molecule has 0 saturated heterocycles. The zero-order chi connectivity index (χ0) is 21.4. The Hall–Kier alpha value is -3.49. The van der Waals surface area contributed by atoms with Crippen LogP contribution in [-0.4, -0.2) is 0 Å². The summed E-state index contributed by atoms with van der Waals surface area (Å²) >= 11 is 6.42. The van der Waals surface area contributed by atoms with Crippen molar-refractivity contribution < 1.29 is 9.47 Å². The summed E-state index contributed by atoms with van der Waals surface area (Å²) in [5.74, 6) is 3.23. The highest BCUT2D eigenvalue weighted by Crippen LogP contribution is 2.46. The maximum atomic E-state index is 6.51. The van der Waals surface area contributed by atoms with Crippen molar-refractivity contribution in [1.82, 2.24) is 0 Å². The summed E-state index contributed by atoms with van der Waals surface area (Å²) in [6.07, 6.45) is 0. The van der Waals surface area contributed by atoms with Crippen LogP contribution < -0.4 is 9.47 Å². The molecule has 0 amide bonds. The van der Waals surface area contributed by atoms with E-state index in [9.17, 15) is 0 Å². The Kier molecular flexibility index (Phi) is 5.01. The molecule has 0 aromatic heterocycles. The predicted molar refractivity (Wildman–Crippen MR) is 129 cm³/mol. The molecule has 0 fully saturated rings. The fraction of sp³-hybridized carbons (Fsp3) is 0.0714. The van der Waals surface area contributed by atoms with Crippen molar-refractivity contribution in [2.45, 2.75) is 13.8 Å². The van der Waals surface area contributed by atoms with E-state index in [0.717, 1.165) is 55.7 Å². The van der Waals surface area contributed by atoms with Gasteiger partial charge in [0.25, 0.3) is 0 Å². The predicted octanol–water partition coefficient (Wildman–Crippen LogP) is 8.85. The highest BCUT2D eigenvalue weighted by molar-refractivity contribution is 6.31. The Labute approximate surface area is 186 Å². The highest BCUT2D eigenvalue weighted by Gasteiger charge is 2.18. The summed E-state index contributed by atoms with van der Waals surface area (Å²) in [7, 11) is 0. The second-order valence-corrected chi connectivity index (χ2v) is 8.07. The van der Waals surface area contributed by atoms with Crippen molar-refractivity contribution in [3.05, 3.63) is 107 Å². The normalized spacial score (nSPS) is 11.1. The van der Waals surface area contributed by atoms with E-state index in [1.807, 2.05) is 92.7 Å². The van der Waals surface area contributed by atoms with Crippen molar-refractivity contribution in [2.24, 2.45) is 0 Å². The molecule has 0 atom stereocenters. The molecule has 0 N–H and O–H groups in total. The average molecular weight is 425 g/mol. The molecule has 5 aromatic carbocycles. The summed E-state index contributed by atoms with van der Waals surface area (Å²) in [6, 6.07) is 30.1. The van der Waals surface area contributed by atoms with Crippen molar-refractivity contribution in [2.75, 3.05) is 0 Å². The first-order chi connectivity index (χ1) is 15.1. The topological polar surface area (TPSA) is 18.5 Å². The monoisotopic (exact) mass is 424 g/mol. The second kappa shape index (κ2) is 7.98. The number of halogens is 1. The lowest BCUT2D eigenvalue weighted by atomic mass is 10.00. The number of para-hydroxylation sites is 2. The van der Waals surface area contributed by atoms with Crippen molar-refractivity contribution in [3.8, 4) is 23.0 Å². The average Bonchev–Trinajstić information content (AvgIpc) is 2.78. The van der Waals surface area contributed by atoms with Crippen LogP contribution in [0.4, 0.5) is 0 Å². The van der Waals surface area contributed by atoms with E-state index in [4.69, 9.17) is 21.1 Å². The van der Waals surface area contributed by atoms with Gasteiger partial charge < -0.3 is 9.47 Å². The van der Waals surface area contributed by atoms with E-state index < -0.39 is 0 Å². The Morgan fingerprint density at radius 2 is 0.968 bits per heavy atom. The van der Waals surface area contributed by atoms with Crippen LogP contribution in [0.2, 0.25) is 5.02 Å². The minimum atomic E-state index is 0.652. The van der Waals surface area contributed by atoms with E-state index in [0.29, 0.717) is 5.02 Å². The van der Waals surface area contributed by atoms with Crippen LogP contribution >= 0.6 is 11.6 Å². The smallest absolute Gasteiger partial charge is 0.143 e. The van der Waals surface area contributed by atoms with Gasteiger partial charge in [0.1, 0.15) is 23.0 Å². The molecule has 0 aliphatic heterocycles. The molecule has 0 aliphatic rings. The van der Waals surface area contributed by atoms with Crippen LogP contribution in [0.25, 0.3) is 21.5 Å². The van der Waals surface area contributed by atoms with Crippen molar-refractivity contribution in [1.29, 1.82) is 0 Å². The molecule has 0 saturated carbocycles. The maximum Gasteiger partial charge on any atom is 0.143 e. The van der Waals surface area contributed by atoms with E-state index in [2.05, 4.69) is 12.1 Å². The molecule has 0 heterocycles. The van der Waals surface area contributed by atoms with Crippen LogP contribution in [0.15, 0.2) is 91.0 Å². The lowest BCUT2D eigenvalue weighted by Gasteiger charge is -2.19.